The number of ether oxygens (including phenoxy) is 2. The first-order valence-corrected chi connectivity index (χ1v) is 8.53. The Morgan fingerprint density at radius 1 is 0.769 bits per heavy atom. The van der Waals surface area contributed by atoms with Crippen LogP contribution in [0.1, 0.15) is 5.56 Å². The van der Waals surface area contributed by atoms with Crippen molar-refractivity contribution in [2.75, 3.05) is 19.5 Å². The molecule has 4 aromatic rings. The molecule has 0 bridgehead atoms. The van der Waals surface area contributed by atoms with Gasteiger partial charge in [-0.3, -0.25) is 0 Å². The van der Waals surface area contributed by atoms with Gasteiger partial charge in [-0.2, -0.15) is 0 Å². The Bertz CT molecular complexity index is 1020. The molecule has 0 spiro atoms. The number of nitrogens with one attached hydrogen (secondary N) is 1. The van der Waals surface area contributed by atoms with Crippen LogP contribution in [-0.2, 0) is 6.54 Å². The van der Waals surface area contributed by atoms with Gasteiger partial charge in [0.15, 0.2) is 11.5 Å². The normalized spacial score (nSPS) is 10.8. The van der Waals surface area contributed by atoms with Crippen LogP contribution in [0.3, 0.4) is 0 Å². The molecule has 0 saturated heterocycles. The summed E-state index contributed by atoms with van der Waals surface area (Å²) in [6, 6.07) is 22.3. The van der Waals surface area contributed by atoms with E-state index in [9.17, 15) is 0 Å². The molecule has 0 aliphatic heterocycles. The third-order valence-electron chi connectivity index (χ3n) is 4.53. The van der Waals surface area contributed by atoms with E-state index < -0.39 is 0 Å². The Balaban J connectivity index is 1.80. The average molecular weight is 344 g/mol. The van der Waals surface area contributed by atoms with E-state index in [1.54, 1.807) is 14.2 Å². The van der Waals surface area contributed by atoms with E-state index in [1.807, 2.05) is 54.6 Å². The van der Waals surface area contributed by atoms with Crippen molar-refractivity contribution in [1.29, 1.82) is 0 Å². The van der Waals surface area contributed by atoms with Gasteiger partial charge in [0.25, 0.3) is 0 Å². The van der Waals surface area contributed by atoms with Crippen molar-refractivity contribution in [3.63, 3.8) is 0 Å². The zero-order valence-corrected chi connectivity index (χ0v) is 14.8. The molecule has 0 aliphatic rings. The Hall–Kier alpha value is -3.27. The van der Waals surface area contributed by atoms with Gasteiger partial charge >= 0.3 is 0 Å². The molecule has 0 atom stereocenters. The first-order valence-electron chi connectivity index (χ1n) is 8.53. The summed E-state index contributed by atoms with van der Waals surface area (Å²) in [6.07, 6.45) is 0. The van der Waals surface area contributed by atoms with Crippen molar-refractivity contribution in [1.82, 2.24) is 4.98 Å². The van der Waals surface area contributed by atoms with Crippen molar-refractivity contribution < 1.29 is 9.47 Å². The highest BCUT2D eigenvalue weighted by atomic mass is 16.5. The van der Waals surface area contributed by atoms with Gasteiger partial charge in [-0.05, 0) is 18.2 Å². The number of aromatic nitrogens is 1. The number of fused-ring (bicyclic) bond motifs is 2. The average Bonchev–Trinajstić information content (AvgIpc) is 2.70. The van der Waals surface area contributed by atoms with Crippen LogP contribution in [-0.4, -0.2) is 19.2 Å². The molecule has 0 aliphatic carbocycles. The van der Waals surface area contributed by atoms with Crippen LogP contribution < -0.4 is 14.8 Å². The number of methoxy groups -OCH3 is 2. The van der Waals surface area contributed by atoms with Crippen LogP contribution in [0.5, 0.6) is 11.5 Å². The monoisotopic (exact) mass is 344 g/mol. The quantitative estimate of drug-likeness (QED) is 0.516. The minimum atomic E-state index is 0.623. The van der Waals surface area contributed by atoms with Crippen molar-refractivity contribution in [3.8, 4) is 11.5 Å². The van der Waals surface area contributed by atoms with E-state index in [1.165, 1.54) is 0 Å². The van der Waals surface area contributed by atoms with Crippen LogP contribution in [0.25, 0.3) is 21.8 Å². The second-order valence-electron chi connectivity index (χ2n) is 6.03. The Labute approximate surface area is 152 Å². The summed E-state index contributed by atoms with van der Waals surface area (Å²) in [5, 5.41) is 5.81. The maximum Gasteiger partial charge on any atom is 0.165 e. The van der Waals surface area contributed by atoms with E-state index in [0.29, 0.717) is 6.54 Å². The molecule has 0 fully saturated rings. The molecule has 1 heterocycles. The second kappa shape index (κ2) is 6.92. The van der Waals surface area contributed by atoms with Crippen molar-refractivity contribution >= 4 is 27.5 Å². The molecular formula is C22H20N2O2. The van der Waals surface area contributed by atoms with Crippen LogP contribution in [0, 0.1) is 0 Å². The maximum atomic E-state index is 5.55. The SMILES string of the molecule is COc1cccc(CNc2c3ccccc3nc3ccccc23)c1OC. The summed E-state index contributed by atoms with van der Waals surface area (Å²) in [5.74, 6) is 1.49. The van der Waals surface area contributed by atoms with Gasteiger partial charge in [0.1, 0.15) is 0 Å². The summed E-state index contributed by atoms with van der Waals surface area (Å²) in [4.78, 5) is 4.77. The van der Waals surface area contributed by atoms with Gasteiger partial charge < -0.3 is 14.8 Å². The summed E-state index contributed by atoms with van der Waals surface area (Å²) in [7, 11) is 3.32. The smallest absolute Gasteiger partial charge is 0.165 e. The molecule has 4 heteroatoms. The zero-order valence-electron chi connectivity index (χ0n) is 14.8. The molecule has 1 N–H and O–H groups in total. The number of hydrogen-bond donors (Lipinski definition) is 1. The number of benzene rings is 3. The number of para-hydroxylation sites is 3. The molecule has 26 heavy (non-hydrogen) atoms. The first kappa shape index (κ1) is 16.2. The van der Waals surface area contributed by atoms with Crippen LogP contribution >= 0.6 is 0 Å². The minimum Gasteiger partial charge on any atom is -0.493 e. The lowest BCUT2D eigenvalue weighted by molar-refractivity contribution is 0.352. The number of nitrogens with zero attached hydrogens (tertiary/aromatic N) is 1. The lowest BCUT2D eigenvalue weighted by Gasteiger charge is -2.16. The van der Waals surface area contributed by atoms with Gasteiger partial charge in [-0.1, -0.05) is 48.5 Å². The Morgan fingerprint density at radius 3 is 2.04 bits per heavy atom. The topological polar surface area (TPSA) is 43.4 Å². The predicted octanol–water partition coefficient (Wildman–Crippen LogP) is 5.02. The molecule has 4 rings (SSSR count). The molecule has 4 nitrogen and oxygen atoms in total. The van der Waals surface area contributed by atoms with Crippen LogP contribution in [0.2, 0.25) is 0 Å². The largest absolute Gasteiger partial charge is 0.493 e. The van der Waals surface area contributed by atoms with E-state index in [0.717, 1.165) is 44.6 Å². The summed E-state index contributed by atoms with van der Waals surface area (Å²) < 4.78 is 11.0. The highest BCUT2D eigenvalue weighted by Gasteiger charge is 2.12. The highest BCUT2D eigenvalue weighted by Crippen LogP contribution is 2.34. The highest BCUT2D eigenvalue weighted by molar-refractivity contribution is 6.07. The van der Waals surface area contributed by atoms with Gasteiger partial charge in [-0.25, -0.2) is 4.98 Å². The molecular weight excluding hydrogens is 324 g/mol. The zero-order chi connectivity index (χ0) is 17.9. The molecule has 1 aromatic heterocycles. The van der Waals surface area contributed by atoms with E-state index in [4.69, 9.17) is 14.5 Å². The molecule has 130 valence electrons. The number of rotatable bonds is 5. The molecule has 0 radical (unpaired) electrons. The standard InChI is InChI=1S/C22H20N2O2/c1-25-20-13-7-8-15(22(20)26-2)14-23-21-16-9-3-5-11-18(16)24-19-12-6-4-10-17(19)21/h3-13H,14H2,1-2H3,(H,23,24). The number of pyridine rings is 1. The van der Waals surface area contributed by atoms with Gasteiger partial charge in [0.05, 0.1) is 30.9 Å². The van der Waals surface area contributed by atoms with E-state index in [-0.39, 0.29) is 0 Å². The number of anilines is 1. The summed E-state index contributed by atoms with van der Waals surface area (Å²) >= 11 is 0. The summed E-state index contributed by atoms with van der Waals surface area (Å²) in [5.41, 5.74) is 4.07. The van der Waals surface area contributed by atoms with E-state index >= 15 is 0 Å². The van der Waals surface area contributed by atoms with Gasteiger partial charge in [0, 0.05) is 22.9 Å². The predicted molar refractivity (Wildman–Crippen MR) is 106 cm³/mol. The first-order chi connectivity index (χ1) is 12.8. The van der Waals surface area contributed by atoms with Crippen molar-refractivity contribution in [3.05, 3.63) is 72.3 Å². The Kier molecular flexibility index (Phi) is 4.32. The lowest BCUT2D eigenvalue weighted by atomic mass is 10.1. The van der Waals surface area contributed by atoms with Crippen LogP contribution in [0.4, 0.5) is 5.69 Å². The lowest BCUT2D eigenvalue weighted by Crippen LogP contribution is -2.04. The molecule has 0 unspecified atom stereocenters. The van der Waals surface area contributed by atoms with Gasteiger partial charge in [0.2, 0.25) is 0 Å². The van der Waals surface area contributed by atoms with Crippen molar-refractivity contribution in [2.45, 2.75) is 6.54 Å². The van der Waals surface area contributed by atoms with E-state index in [2.05, 4.69) is 17.4 Å². The third-order valence-corrected chi connectivity index (χ3v) is 4.53. The fourth-order valence-electron chi connectivity index (χ4n) is 3.31. The van der Waals surface area contributed by atoms with Crippen molar-refractivity contribution in [2.24, 2.45) is 0 Å². The van der Waals surface area contributed by atoms with Crippen LogP contribution in [0.15, 0.2) is 66.7 Å². The third kappa shape index (κ3) is 2.80. The number of hydrogen-bond acceptors (Lipinski definition) is 4. The minimum absolute atomic E-state index is 0.623. The fraction of sp³-hybridized carbons (Fsp3) is 0.136. The molecule has 3 aromatic carbocycles. The summed E-state index contributed by atoms with van der Waals surface area (Å²) in [6.45, 7) is 0.623. The second-order valence-corrected chi connectivity index (χ2v) is 6.03. The van der Waals surface area contributed by atoms with Gasteiger partial charge in [-0.15, -0.1) is 0 Å². The molecule has 0 saturated carbocycles. The maximum absolute atomic E-state index is 5.55. The fourth-order valence-corrected chi connectivity index (χ4v) is 3.31. The molecule has 0 amide bonds. The Morgan fingerprint density at radius 2 is 1.42 bits per heavy atom.